The van der Waals surface area contributed by atoms with E-state index < -0.39 is 10.0 Å². The second-order valence-corrected chi connectivity index (χ2v) is 8.47. The van der Waals surface area contributed by atoms with Gasteiger partial charge in [0.05, 0.1) is 12.4 Å². The van der Waals surface area contributed by atoms with Crippen LogP contribution in [0.3, 0.4) is 0 Å². The average molecular weight is 346 g/mol. The Balaban J connectivity index is 1.86. The quantitative estimate of drug-likeness (QED) is 0.920. The molecule has 128 valence electrons. The monoisotopic (exact) mass is 346 g/mol. The highest BCUT2D eigenvalue weighted by molar-refractivity contribution is 7.89. The summed E-state index contributed by atoms with van der Waals surface area (Å²) in [7, 11) is -3.77. The molecule has 2 aromatic rings. The van der Waals surface area contributed by atoms with E-state index in [2.05, 4.69) is 53.0 Å². The van der Waals surface area contributed by atoms with E-state index in [4.69, 9.17) is 5.14 Å². The Morgan fingerprint density at radius 3 is 2.38 bits per heavy atom. The fraction of sp³-hybridized carbons (Fsp3) is 0.412. The zero-order valence-corrected chi connectivity index (χ0v) is 14.7. The zero-order valence-electron chi connectivity index (χ0n) is 13.9. The summed E-state index contributed by atoms with van der Waals surface area (Å²) in [5.41, 5.74) is 1.48. The number of rotatable bonds is 3. The Hall–Kier alpha value is -1.99. The molecule has 7 heteroatoms. The van der Waals surface area contributed by atoms with Gasteiger partial charge in [0.1, 0.15) is 4.90 Å². The van der Waals surface area contributed by atoms with Crippen LogP contribution in [-0.2, 0) is 10.0 Å². The number of hydrogen-bond acceptors (Lipinski definition) is 5. The van der Waals surface area contributed by atoms with E-state index in [9.17, 15) is 8.42 Å². The van der Waals surface area contributed by atoms with E-state index in [-0.39, 0.29) is 10.3 Å². The van der Waals surface area contributed by atoms with Gasteiger partial charge in [-0.2, -0.15) is 0 Å². The molecule has 0 radical (unpaired) electrons. The van der Waals surface area contributed by atoms with E-state index in [0.29, 0.717) is 11.9 Å². The van der Waals surface area contributed by atoms with Gasteiger partial charge in [-0.3, -0.25) is 0 Å². The number of benzene rings is 1. The summed E-state index contributed by atoms with van der Waals surface area (Å²) < 4.78 is 22.7. The van der Waals surface area contributed by atoms with E-state index >= 15 is 0 Å². The van der Waals surface area contributed by atoms with Crippen LogP contribution in [0.5, 0.6) is 0 Å². The number of hydrogen-bond donors (Lipinski definition) is 1. The van der Waals surface area contributed by atoms with Crippen molar-refractivity contribution in [2.75, 3.05) is 18.0 Å². The number of nitrogens with zero attached hydrogens (tertiary/aromatic N) is 3. The summed E-state index contributed by atoms with van der Waals surface area (Å²) in [5, 5.41) is 5.10. The summed E-state index contributed by atoms with van der Waals surface area (Å²) in [6, 6.07) is 10.4. The van der Waals surface area contributed by atoms with Crippen LogP contribution in [-0.4, -0.2) is 31.5 Å². The first-order valence-corrected chi connectivity index (χ1v) is 9.47. The van der Waals surface area contributed by atoms with Gasteiger partial charge < -0.3 is 4.90 Å². The smallest absolute Gasteiger partial charge is 0.241 e. The molecule has 0 spiro atoms. The van der Waals surface area contributed by atoms with Crippen LogP contribution in [0, 0.1) is 5.41 Å². The third kappa shape index (κ3) is 3.42. The maximum Gasteiger partial charge on any atom is 0.241 e. The molecule has 0 bridgehead atoms. The molecule has 2 heterocycles. The van der Waals surface area contributed by atoms with E-state index in [1.807, 2.05) is 6.07 Å². The van der Waals surface area contributed by atoms with Gasteiger partial charge in [-0.15, -0.1) is 0 Å². The van der Waals surface area contributed by atoms with Gasteiger partial charge in [0, 0.05) is 19.0 Å². The van der Waals surface area contributed by atoms with Crippen LogP contribution in [0.2, 0.25) is 0 Å². The molecule has 2 N–H and O–H groups in total. The molecule has 0 amide bonds. The standard InChI is InChI=1S/C17H22N4O2S/c1-17(2)8-9-21(12-15(17)13-6-4-3-5-7-13)16-19-10-14(11-20-16)24(18,22)23/h3-7,10-11,15H,8-9,12H2,1-2H3,(H2,18,22,23). The number of primary sulfonamides is 1. The number of aromatic nitrogens is 2. The van der Waals surface area contributed by atoms with Crippen molar-refractivity contribution in [1.82, 2.24) is 9.97 Å². The van der Waals surface area contributed by atoms with Crippen molar-refractivity contribution < 1.29 is 8.42 Å². The second kappa shape index (κ2) is 6.14. The molecule has 6 nitrogen and oxygen atoms in total. The van der Waals surface area contributed by atoms with Gasteiger partial charge in [0.15, 0.2) is 0 Å². The Labute approximate surface area is 142 Å². The van der Waals surface area contributed by atoms with Gasteiger partial charge in [-0.05, 0) is 17.4 Å². The predicted molar refractivity (Wildman–Crippen MR) is 93.2 cm³/mol. The Morgan fingerprint density at radius 1 is 1.17 bits per heavy atom. The van der Waals surface area contributed by atoms with E-state index in [1.54, 1.807) is 0 Å². The number of piperidine rings is 1. The van der Waals surface area contributed by atoms with Crippen molar-refractivity contribution in [3.8, 4) is 0 Å². The van der Waals surface area contributed by atoms with Gasteiger partial charge in [0.25, 0.3) is 0 Å². The van der Waals surface area contributed by atoms with Crippen LogP contribution in [0.25, 0.3) is 0 Å². The molecule has 0 saturated carbocycles. The van der Waals surface area contributed by atoms with Crippen molar-refractivity contribution in [3.05, 3.63) is 48.3 Å². The Kier molecular flexibility index (Phi) is 4.31. The molecular weight excluding hydrogens is 324 g/mol. The van der Waals surface area contributed by atoms with Crippen LogP contribution in [0.15, 0.2) is 47.6 Å². The first kappa shape index (κ1) is 16.9. The predicted octanol–water partition coefficient (Wildman–Crippen LogP) is 2.14. The zero-order chi connectivity index (χ0) is 17.4. The van der Waals surface area contributed by atoms with Crippen LogP contribution < -0.4 is 10.0 Å². The highest BCUT2D eigenvalue weighted by Gasteiger charge is 2.37. The lowest BCUT2D eigenvalue weighted by atomic mass is 9.70. The molecule has 3 rings (SSSR count). The van der Waals surface area contributed by atoms with Crippen LogP contribution in [0.4, 0.5) is 5.95 Å². The lowest BCUT2D eigenvalue weighted by molar-refractivity contribution is 0.232. The topological polar surface area (TPSA) is 89.2 Å². The molecule has 1 fully saturated rings. The number of sulfonamides is 1. The highest BCUT2D eigenvalue weighted by Crippen LogP contribution is 2.42. The molecule has 1 aliphatic heterocycles. The molecule has 1 aliphatic rings. The first-order chi connectivity index (χ1) is 11.3. The van der Waals surface area contributed by atoms with E-state index in [1.165, 1.54) is 18.0 Å². The minimum Gasteiger partial charge on any atom is -0.340 e. The molecule has 1 aromatic heterocycles. The van der Waals surface area contributed by atoms with Crippen LogP contribution in [0.1, 0.15) is 31.7 Å². The third-order valence-electron chi connectivity index (χ3n) is 4.80. The van der Waals surface area contributed by atoms with Crippen LogP contribution >= 0.6 is 0 Å². The maximum absolute atomic E-state index is 11.3. The van der Waals surface area contributed by atoms with Crippen molar-refractivity contribution in [2.24, 2.45) is 10.6 Å². The van der Waals surface area contributed by atoms with Crippen molar-refractivity contribution in [1.29, 1.82) is 0 Å². The summed E-state index contributed by atoms with van der Waals surface area (Å²) in [4.78, 5) is 10.4. The van der Waals surface area contributed by atoms with Gasteiger partial charge >= 0.3 is 0 Å². The average Bonchev–Trinajstić information content (AvgIpc) is 2.55. The fourth-order valence-electron chi connectivity index (χ4n) is 3.20. The summed E-state index contributed by atoms with van der Waals surface area (Å²) >= 11 is 0. The van der Waals surface area contributed by atoms with Crippen molar-refractivity contribution in [2.45, 2.75) is 31.1 Å². The highest BCUT2D eigenvalue weighted by atomic mass is 32.2. The lowest BCUT2D eigenvalue weighted by Gasteiger charge is -2.44. The van der Waals surface area contributed by atoms with E-state index in [0.717, 1.165) is 19.5 Å². The summed E-state index contributed by atoms with van der Waals surface area (Å²) in [5.74, 6) is 0.896. The minimum absolute atomic E-state index is 0.0665. The molecular formula is C17H22N4O2S. The molecule has 1 unspecified atom stereocenters. The lowest BCUT2D eigenvalue weighted by Crippen LogP contribution is -2.44. The normalized spacial score (nSPS) is 20.8. The molecule has 1 saturated heterocycles. The number of anilines is 1. The molecule has 1 atom stereocenters. The van der Waals surface area contributed by atoms with Gasteiger partial charge in [-0.1, -0.05) is 44.2 Å². The Morgan fingerprint density at radius 2 is 1.79 bits per heavy atom. The maximum atomic E-state index is 11.3. The largest absolute Gasteiger partial charge is 0.340 e. The SMILES string of the molecule is CC1(C)CCN(c2ncc(S(N)(=O)=O)cn2)CC1c1ccccc1. The number of nitrogens with two attached hydrogens (primary N) is 1. The minimum atomic E-state index is -3.77. The fourth-order valence-corrected chi connectivity index (χ4v) is 3.60. The van der Waals surface area contributed by atoms with Gasteiger partial charge in [0.2, 0.25) is 16.0 Å². The van der Waals surface area contributed by atoms with Gasteiger partial charge in [-0.25, -0.2) is 23.5 Å². The van der Waals surface area contributed by atoms with Crippen molar-refractivity contribution in [3.63, 3.8) is 0 Å². The Bertz CT molecular complexity index is 804. The molecule has 0 aliphatic carbocycles. The van der Waals surface area contributed by atoms with Crippen molar-refractivity contribution >= 4 is 16.0 Å². The summed E-state index contributed by atoms with van der Waals surface area (Å²) in [6.07, 6.45) is 3.55. The third-order valence-corrected chi connectivity index (χ3v) is 5.67. The summed E-state index contributed by atoms with van der Waals surface area (Å²) in [6.45, 7) is 6.21. The molecule has 1 aromatic carbocycles. The second-order valence-electron chi connectivity index (χ2n) is 6.91. The first-order valence-electron chi connectivity index (χ1n) is 7.92. The molecule has 24 heavy (non-hydrogen) atoms.